The summed E-state index contributed by atoms with van der Waals surface area (Å²) in [6.07, 6.45) is 0.989. The Kier molecular flexibility index (Phi) is 4.63. The lowest BCUT2D eigenvalue weighted by Gasteiger charge is -2.14. The second-order valence-electron chi connectivity index (χ2n) is 4.48. The molecule has 1 N–H and O–H groups in total. The third-order valence-corrected chi connectivity index (χ3v) is 3.23. The van der Waals surface area contributed by atoms with Gasteiger partial charge in [0.15, 0.2) is 0 Å². The third-order valence-electron chi connectivity index (χ3n) is 3.23. The van der Waals surface area contributed by atoms with E-state index in [0.29, 0.717) is 36.1 Å². The van der Waals surface area contributed by atoms with Crippen LogP contribution in [0.1, 0.15) is 16.8 Å². The van der Waals surface area contributed by atoms with Gasteiger partial charge in [0, 0.05) is 19.1 Å². The summed E-state index contributed by atoms with van der Waals surface area (Å²) < 4.78 is 15.7. The first-order chi connectivity index (χ1) is 9.26. The average molecular weight is 265 g/mol. The van der Waals surface area contributed by atoms with E-state index in [2.05, 4.69) is 5.32 Å². The van der Waals surface area contributed by atoms with Crippen molar-refractivity contribution < 1.29 is 19.0 Å². The number of methoxy groups -OCH3 is 2. The van der Waals surface area contributed by atoms with Crippen LogP contribution in [0.4, 0.5) is 0 Å². The van der Waals surface area contributed by atoms with Crippen molar-refractivity contribution >= 4 is 5.91 Å². The molecule has 1 aromatic carbocycles. The summed E-state index contributed by atoms with van der Waals surface area (Å²) in [4.78, 5) is 12.2. The van der Waals surface area contributed by atoms with E-state index in [0.717, 1.165) is 13.0 Å². The average Bonchev–Trinajstić information content (AvgIpc) is 2.97. The number of nitrogens with one attached hydrogen (secondary N) is 1. The Hall–Kier alpha value is -1.75. The molecular formula is C14H19NO4. The highest BCUT2D eigenvalue weighted by molar-refractivity contribution is 5.99. The maximum absolute atomic E-state index is 12.2. The van der Waals surface area contributed by atoms with Gasteiger partial charge in [0.05, 0.1) is 20.8 Å². The fourth-order valence-corrected chi connectivity index (χ4v) is 2.14. The standard InChI is InChI=1S/C14H19NO4/c1-17-11-4-3-5-12(18-2)13(11)14(16)15-8-10-6-7-19-9-10/h3-5,10H,6-9H2,1-2H3,(H,15,16). The fraction of sp³-hybridized carbons (Fsp3) is 0.500. The number of carbonyl (C=O) groups is 1. The van der Waals surface area contributed by atoms with Crippen LogP contribution in [0.15, 0.2) is 18.2 Å². The molecule has 2 rings (SSSR count). The molecular weight excluding hydrogens is 246 g/mol. The van der Waals surface area contributed by atoms with Gasteiger partial charge in [0.2, 0.25) is 0 Å². The number of carbonyl (C=O) groups excluding carboxylic acids is 1. The van der Waals surface area contributed by atoms with Crippen LogP contribution in [0.3, 0.4) is 0 Å². The molecule has 0 bridgehead atoms. The summed E-state index contributed by atoms with van der Waals surface area (Å²) in [6.45, 7) is 2.10. The highest BCUT2D eigenvalue weighted by atomic mass is 16.5. The molecule has 0 aromatic heterocycles. The highest BCUT2D eigenvalue weighted by Crippen LogP contribution is 2.28. The van der Waals surface area contributed by atoms with Gasteiger partial charge >= 0.3 is 0 Å². The number of hydrogen-bond acceptors (Lipinski definition) is 4. The monoisotopic (exact) mass is 265 g/mol. The molecule has 1 amide bonds. The van der Waals surface area contributed by atoms with Gasteiger partial charge in [0.1, 0.15) is 17.1 Å². The van der Waals surface area contributed by atoms with Crippen LogP contribution < -0.4 is 14.8 Å². The fourth-order valence-electron chi connectivity index (χ4n) is 2.14. The van der Waals surface area contributed by atoms with E-state index in [-0.39, 0.29) is 5.91 Å². The van der Waals surface area contributed by atoms with E-state index in [4.69, 9.17) is 14.2 Å². The number of benzene rings is 1. The zero-order valence-electron chi connectivity index (χ0n) is 11.3. The molecule has 5 nitrogen and oxygen atoms in total. The van der Waals surface area contributed by atoms with Crippen LogP contribution in [-0.4, -0.2) is 39.9 Å². The number of amides is 1. The van der Waals surface area contributed by atoms with Gasteiger partial charge in [-0.3, -0.25) is 4.79 Å². The molecule has 1 aliphatic heterocycles. The lowest BCUT2D eigenvalue weighted by molar-refractivity contribution is 0.0938. The maximum atomic E-state index is 12.2. The summed E-state index contributed by atoms with van der Waals surface area (Å²) in [7, 11) is 3.08. The van der Waals surface area contributed by atoms with Crippen molar-refractivity contribution in [3.8, 4) is 11.5 Å². The van der Waals surface area contributed by atoms with Gasteiger partial charge < -0.3 is 19.5 Å². The molecule has 1 fully saturated rings. The van der Waals surface area contributed by atoms with Crippen LogP contribution in [-0.2, 0) is 4.74 Å². The van der Waals surface area contributed by atoms with Crippen molar-refractivity contribution in [3.05, 3.63) is 23.8 Å². The molecule has 1 unspecified atom stereocenters. The first kappa shape index (κ1) is 13.7. The molecule has 19 heavy (non-hydrogen) atoms. The van der Waals surface area contributed by atoms with E-state index < -0.39 is 0 Å². The first-order valence-electron chi connectivity index (χ1n) is 6.33. The van der Waals surface area contributed by atoms with Crippen LogP contribution in [0.25, 0.3) is 0 Å². The normalized spacial score (nSPS) is 18.1. The van der Waals surface area contributed by atoms with Gasteiger partial charge in [-0.05, 0) is 18.6 Å². The van der Waals surface area contributed by atoms with Crippen molar-refractivity contribution in [3.63, 3.8) is 0 Å². The van der Waals surface area contributed by atoms with E-state index in [1.807, 2.05) is 0 Å². The Morgan fingerprint density at radius 1 is 1.37 bits per heavy atom. The smallest absolute Gasteiger partial charge is 0.258 e. The molecule has 1 atom stereocenters. The van der Waals surface area contributed by atoms with Crippen molar-refractivity contribution in [1.82, 2.24) is 5.32 Å². The molecule has 104 valence electrons. The lowest BCUT2D eigenvalue weighted by atomic mass is 10.1. The van der Waals surface area contributed by atoms with E-state index in [1.54, 1.807) is 18.2 Å². The van der Waals surface area contributed by atoms with Crippen molar-refractivity contribution in [2.24, 2.45) is 5.92 Å². The van der Waals surface area contributed by atoms with E-state index in [9.17, 15) is 4.79 Å². The van der Waals surface area contributed by atoms with Gasteiger partial charge in [-0.15, -0.1) is 0 Å². The Morgan fingerprint density at radius 2 is 2.05 bits per heavy atom. The molecule has 0 radical (unpaired) electrons. The van der Waals surface area contributed by atoms with Crippen LogP contribution in [0, 0.1) is 5.92 Å². The summed E-state index contributed by atoms with van der Waals surface area (Å²) in [5, 5.41) is 2.91. The molecule has 0 spiro atoms. The molecule has 0 saturated carbocycles. The third kappa shape index (κ3) is 3.17. The van der Waals surface area contributed by atoms with Crippen LogP contribution >= 0.6 is 0 Å². The SMILES string of the molecule is COc1cccc(OC)c1C(=O)NCC1CCOC1. The van der Waals surface area contributed by atoms with Crippen molar-refractivity contribution in [2.75, 3.05) is 34.0 Å². The summed E-state index contributed by atoms with van der Waals surface area (Å²) in [6, 6.07) is 5.28. The summed E-state index contributed by atoms with van der Waals surface area (Å²) >= 11 is 0. The maximum Gasteiger partial charge on any atom is 0.258 e. The number of rotatable bonds is 5. The lowest BCUT2D eigenvalue weighted by Crippen LogP contribution is -2.30. The van der Waals surface area contributed by atoms with Crippen molar-refractivity contribution in [2.45, 2.75) is 6.42 Å². The first-order valence-corrected chi connectivity index (χ1v) is 6.33. The molecule has 5 heteroatoms. The molecule has 0 aliphatic carbocycles. The Bertz CT molecular complexity index is 419. The second-order valence-corrected chi connectivity index (χ2v) is 4.48. The topological polar surface area (TPSA) is 56.8 Å². The number of ether oxygens (including phenoxy) is 3. The quantitative estimate of drug-likeness (QED) is 0.876. The Balaban J connectivity index is 2.08. The molecule has 1 saturated heterocycles. The summed E-state index contributed by atoms with van der Waals surface area (Å²) in [5.74, 6) is 1.24. The van der Waals surface area contributed by atoms with Gasteiger partial charge in [-0.1, -0.05) is 6.07 Å². The Morgan fingerprint density at radius 3 is 2.58 bits per heavy atom. The Labute approximate surface area is 112 Å². The van der Waals surface area contributed by atoms with Crippen molar-refractivity contribution in [1.29, 1.82) is 0 Å². The predicted molar refractivity (Wildman–Crippen MR) is 70.8 cm³/mol. The molecule has 1 aliphatic rings. The summed E-state index contributed by atoms with van der Waals surface area (Å²) in [5.41, 5.74) is 0.436. The molecule has 1 heterocycles. The van der Waals surface area contributed by atoms with Gasteiger partial charge in [-0.2, -0.15) is 0 Å². The van der Waals surface area contributed by atoms with Gasteiger partial charge in [-0.25, -0.2) is 0 Å². The zero-order valence-corrected chi connectivity index (χ0v) is 11.3. The largest absolute Gasteiger partial charge is 0.496 e. The van der Waals surface area contributed by atoms with Gasteiger partial charge in [0.25, 0.3) is 5.91 Å². The van der Waals surface area contributed by atoms with Crippen LogP contribution in [0.5, 0.6) is 11.5 Å². The predicted octanol–water partition coefficient (Wildman–Crippen LogP) is 1.47. The second kappa shape index (κ2) is 6.43. The minimum absolute atomic E-state index is 0.179. The highest BCUT2D eigenvalue weighted by Gasteiger charge is 2.21. The minimum atomic E-state index is -0.179. The minimum Gasteiger partial charge on any atom is -0.496 e. The molecule has 1 aromatic rings. The van der Waals surface area contributed by atoms with Crippen LogP contribution in [0.2, 0.25) is 0 Å². The van der Waals surface area contributed by atoms with E-state index in [1.165, 1.54) is 14.2 Å². The van der Waals surface area contributed by atoms with E-state index >= 15 is 0 Å². The number of hydrogen-bond donors (Lipinski definition) is 1. The zero-order chi connectivity index (χ0) is 13.7.